The van der Waals surface area contributed by atoms with Gasteiger partial charge < -0.3 is 15.5 Å². The predicted octanol–water partition coefficient (Wildman–Crippen LogP) is 0.478. The van der Waals surface area contributed by atoms with E-state index in [9.17, 15) is 19.7 Å². The third-order valence-corrected chi connectivity index (χ3v) is 2.56. The Morgan fingerprint density at radius 1 is 1.19 bits per heavy atom. The average Bonchev–Trinajstić information content (AvgIpc) is 2.37. The number of nitro groups is 1. The number of hydrogen-bond acceptors (Lipinski definition) is 6. The molecule has 0 aliphatic heterocycles. The lowest BCUT2D eigenvalue weighted by molar-refractivity contribution is -0.384. The number of aliphatic carboxylic acids is 2. The molecule has 1 aromatic rings. The van der Waals surface area contributed by atoms with Crippen LogP contribution >= 0.6 is 0 Å². The van der Waals surface area contributed by atoms with Crippen molar-refractivity contribution in [1.29, 1.82) is 0 Å². The molecule has 0 spiro atoms. The maximum absolute atomic E-state index is 10.8. The molecule has 0 fully saturated rings. The maximum Gasteiger partial charge on any atom is 0.317 e. The molecule has 0 aliphatic carbocycles. The van der Waals surface area contributed by atoms with Crippen molar-refractivity contribution in [2.45, 2.75) is 0 Å². The highest BCUT2D eigenvalue weighted by molar-refractivity contribution is 5.72. The van der Waals surface area contributed by atoms with Crippen LogP contribution < -0.4 is 5.32 Å². The van der Waals surface area contributed by atoms with Crippen LogP contribution in [0.1, 0.15) is 0 Å². The molecule has 0 radical (unpaired) electrons. The molecule has 0 aromatic heterocycles. The highest BCUT2D eigenvalue weighted by atomic mass is 16.6. The van der Waals surface area contributed by atoms with Gasteiger partial charge in [-0.1, -0.05) is 12.1 Å². The van der Waals surface area contributed by atoms with Gasteiger partial charge in [0.2, 0.25) is 0 Å². The number of rotatable bonds is 9. The summed E-state index contributed by atoms with van der Waals surface area (Å²) in [4.78, 5) is 32.7. The average molecular weight is 297 g/mol. The van der Waals surface area contributed by atoms with Crippen LogP contribution in [0.25, 0.3) is 0 Å². The van der Waals surface area contributed by atoms with Crippen LogP contribution in [0.2, 0.25) is 0 Å². The van der Waals surface area contributed by atoms with Crippen molar-refractivity contribution < 1.29 is 24.7 Å². The molecule has 0 heterocycles. The zero-order valence-corrected chi connectivity index (χ0v) is 11.1. The smallest absolute Gasteiger partial charge is 0.317 e. The normalized spacial score (nSPS) is 10.3. The fourth-order valence-electron chi connectivity index (χ4n) is 1.73. The molecule has 0 bridgehead atoms. The number of para-hydroxylation sites is 2. The molecule has 0 amide bonds. The first-order valence-corrected chi connectivity index (χ1v) is 6.03. The minimum absolute atomic E-state index is 0.0967. The lowest BCUT2D eigenvalue weighted by Crippen LogP contribution is -2.37. The molecule has 3 N–H and O–H groups in total. The van der Waals surface area contributed by atoms with Crippen molar-refractivity contribution in [3.8, 4) is 0 Å². The van der Waals surface area contributed by atoms with Crippen molar-refractivity contribution in [3.63, 3.8) is 0 Å². The first-order chi connectivity index (χ1) is 9.90. The summed E-state index contributed by atoms with van der Waals surface area (Å²) in [5.74, 6) is -2.27. The second-order valence-electron chi connectivity index (χ2n) is 4.20. The fourth-order valence-corrected chi connectivity index (χ4v) is 1.73. The second-order valence-corrected chi connectivity index (χ2v) is 4.20. The van der Waals surface area contributed by atoms with Crippen molar-refractivity contribution in [1.82, 2.24) is 4.90 Å². The van der Waals surface area contributed by atoms with Crippen LogP contribution in [0.3, 0.4) is 0 Å². The first-order valence-electron chi connectivity index (χ1n) is 6.03. The van der Waals surface area contributed by atoms with E-state index in [1.807, 2.05) is 0 Å². The number of benzene rings is 1. The summed E-state index contributed by atoms with van der Waals surface area (Å²) in [5.41, 5.74) is 0.202. The van der Waals surface area contributed by atoms with Gasteiger partial charge in [0.25, 0.3) is 5.69 Å². The van der Waals surface area contributed by atoms with Gasteiger partial charge in [0.1, 0.15) is 5.69 Å². The van der Waals surface area contributed by atoms with E-state index in [0.29, 0.717) is 5.69 Å². The molecule has 9 heteroatoms. The van der Waals surface area contributed by atoms with E-state index in [4.69, 9.17) is 10.2 Å². The SMILES string of the molecule is O=C(O)CN(CCNc1ccccc1[N+](=O)[O-])CC(=O)O. The van der Waals surface area contributed by atoms with Crippen LogP contribution in [-0.2, 0) is 9.59 Å². The van der Waals surface area contributed by atoms with E-state index in [1.54, 1.807) is 6.07 Å². The van der Waals surface area contributed by atoms with E-state index in [0.717, 1.165) is 0 Å². The van der Waals surface area contributed by atoms with Gasteiger partial charge in [-0.05, 0) is 6.07 Å². The molecule has 114 valence electrons. The minimum Gasteiger partial charge on any atom is -0.480 e. The standard InChI is InChI=1S/C12H15N3O6/c16-11(17)7-14(8-12(18)19)6-5-13-9-3-1-2-4-10(9)15(20)21/h1-4,13H,5-8H2,(H,16,17)(H,18,19). The third kappa shape index (κ3) is 5.87. The summed E-state index contributed by atoms with van der Waals surface area (Å²) >= 11 is 0. The summed E-state index contributed by atoms with van der Waals surface area (Å²) < 4.78 is 0. The number of nitrogens with one attached hydrogen (secondary N) is 1. The summed E-state index contributed by atoms with van der Waals surface area (Å²) in [6, 6.07) is 6.03. The van der Waals surface area contributed by atoms with Gasteiger partial charge in [-0.25, -0.2) is 0 Å². The van der Waals surface area contributed by atoms with Gasteiger partial charge in [-0.15, -0.1) is 0 Å². The number of carboxylic acids is 2. The molecule has 0 saturated carbocycles. The predicted molar refractivity (Wildman–Crippen MR) is 73.3 cm³/mol. The van der Waals surface area contributed by atoms with Gasteiger partial charge >= 0.3 is 11.9 Å². The number of nitrogens with zero attached hydrogens (tertiary/aromatic N) is 2. The summed E-state index contributed by atoms with van der Waals surface area (Å²) in [6.07, 6.45) is 0. The molecule has 21 heavy (non-hydrogen) atoms. The van der Waals surface area contributed by atoms with Crippen molar-refractivity contribution in [2.24, 2.45) is 0 Å². The van der Waals surface area contributed by atoms with Crippen molar-refractivity contribution in [3.05, 3.63) is 34.4 Å². The van der Waals surface area contributed by atoms with Gasteiger partial charge in [-0.3, -0.25) is 24.6 Å². The topological polar surface area (TPSA) is 133 Å². The van der Waals surface area contributed by atoms with Crippen LogP contribution in [-0.4, -0.2) is 58.2 Å². The van der Waals surface area contributed by atoms with Crippen molar-refractivity contribution in [2.75, 3.05) is 31.5 Å². The Morgan fingerprint density at radius 3 is 2.29 bits per heavy atom. The van der Waals surface area contributed by atoms with Crippen LogP contribution in [0.4, 0.5) is 11.4 Å². The molecule has 1 aromatic carbocycles. The zero-order chi connectivity index (χ0) is 15.8. The first kappa shape index (κ1) is 16.4. The number of carboxylic acid groups (broad SMARTS) is 2. The van der Waals surface area contributed by atoms with Gasteiger partial charge in [0.05, 0.1) is 18.0 Å². The van der Waals surface area contributed by atoms with Gasteiger partial charge in [-0.2, -0.15) is 0 Å². The number of anilines is 1. The van der Waals surface area contributed by atoms with Crippen LogP contribution in [0.15, 0.2) is 24.3 Å². The quantitative estimate of drug-likeness (QED) is 0.442. The minimum atomic E-state index is -1.14. The third-order valence-electron chi connectivity index (χ3n) is 2.56. The molecule has 0 unspecified atom stereocenters. The maximum atomic E-state index is 10.8. The van der Waals surface area contributed by atoms with E-state index in [1.165, 1.54) is 23.1 Å². The fraction of sp³-hybridized carbons (Fsp3) is 0.333. The Kier molecular flexibility index (Phi) is 6.08. The van der Waals surface area contributed by atoms with Crippen molar-refractivity contribution >= 4 is 23.3 Å². The summed E-state index contributed by atoms with van der Waals surface area (Å²) in [5, 5.41) is 31.0. The van der Waals surface area contributed by atoms with E-state index in [-0.39, 0.29) is 18.8 Å². The van der Waals surface area contributed by atoms with Crippen LogP contribution in [0.5, 0.6) is 0 Å². The number of carbonyl (C=O) groups is 2. The Balaban J connectivity index is 2.59. The zero-order valence-electron chi connectivity index (χ0n) is 11.1. The lowest BCUT2D eigenvalue weighted by Gasteiger charge is -2.18. The molecule has 9 nitrogen and oxygen atoms in total. The molecule has 0 saturated heterocycles. The van der Waals surface area contributed by atoms with E-state index in [2.05, 4.69) is 5.32 Å². The monoisotopic (exact) mass is 297 g/mol. The number of hydrogen-bond donors (Lipinski definition) is 3. The second kappa shape index (κ2) is 7.80. The molecular weight excluding hydrogens is 282 g/mol. The van der Waals surface area contributed by atoms with E-state index >= 15 is 0 Å². The molecule has 0 atom stereocenters. The Labute approximate surface area is 119 Å². The Hall–Kier alpha value is -2.68. The molecule has 1 rings (SSSR count). The Bertz CT molecular complexity index is 517. The Morgan fingerprint density at radius 2 is 1.76 bits per heavy atom. The highest BCUT2D eigenvalue weighted by Crippen LogP contribution is 2.22. The number of nitro benzene ring substituents is 1. The van der Waals surface area contributed by atoms with E-state index < -0.39 is 30.0 Å². The molecule has 0 aliphatic rings. The van der Waals surface area contributed by atoms with Gasteiger partial charge in [0, 0.05) is 19.2 Å². The van der Waals surface area contributed by atoms with Gasteiger partial charge in [0.15, 0.2) is 0 Å². The summed E-state index contributed by atoms with van der Waals surface area (Å²) in [6.45, 7) is -0.508. The largest absolute Gasteiger partial charge is 0.480 e. The highest BCUT2D eigenvalue weighted by Gasteiger charge is 2.15. The lowest BCUT2D eigenvalue weighted by atomic mass is 10.2. The van der Waals surface area contributed by atoms with Crippen LogP contribution in [0, 0.1) is 10.1 Å². The molecular formula is C12H15N3O6. The summed E-state index contributed by atoms with van der Waals surface area (Å²) in [7, 11) is 0.